The number of aromatic nitrogens is 2. The number of hydrogen-bond acceptors (Lipinski definition) is 3. The Labute approximate surface area is 90.3 Å². The molecule has 0 spiro atoms. The first-order valence-corrected chi connectivity index (χ1v) is 5.17. The van der Waals surface area contributed by atoms with E-state index in [4.69, 9.17) is 4.42 Å². The molecule has 0 radical (unpaired) electrons. The fraction of sp³-hybridized carbons (Fsp3) is 0.200. The standard InChI is InChI=1S/C10H9BrN2O/c1-2-7-3-5-8(6-4-7)9-12-13-10(11)14-9/h3-6H,2H2,1H3. The van der Waals surface area contributed by atoms with E-state index >= 15 is 0 Å². The summed E-state index contributed by atoms with van der Waals surface area (Å²) in [7, 11) is 0. The molecule has 0 saturated carbocycles. The van der Waals surface area contributed by atoms with E-state index in [1.165, 1.54) is 5.56 Å². The van der Waals surface area contributed by atoms with Crippen LogP contribution >= 0.6 is 15.9 Å². The molecule has 2 aromatic rings. The lowest BCUT2D eigenvalue weighted by Crippen LogP contribution is -1.81. The van der Waals surface area contributed by atoms with Gasteiger partial charge in [0.05, 0.1) is 0 Å². The van der Waals surface area contributed by atoms with Crippen LogP contribution in [0.25, 0.3) is 11.5 Å². The van der Waals surface area contributed by atoms with Crippen LogP contribution in [-0.4, -0.2) is 10.2 Å². The van der Waals surface area contributed by atoms with Gasteiger partial charge < -0.3 is 4.42 Å². The van der Waals surface area contributed by atoms with Crippen molar-refractivity contribution in [2.24, 2.45) is 0 Å². The van der Waals surface area contributed by atoms with Crippen LogP contribution in [0, 0.1) is 0 Å². The van der Waals surface area contributed by atoms with Crippen LogP contribution in [0.2, 0.25) is 0 Å². The molecule has 1 heterocycles. The van der Waals surface area contributed by atoms with E-state index in [1.807, 2.05) is 12.1 Å². The van der Waals surface area contributed by atoms with Gasteiger partial charge in [-0.3, -0.25) is 0 Å². The van der Waals surface area contributed by atoms with Gasteiger partial charge in [-0.25, -0.2) is 0 Å². The third kappa shape index (κ3) is 1.85. The largest absolute Gasteiger partial charge is 0.411 e. The predicted molar refractivity (Wildman–Crippen MR) is 56.8 cm³/mol. The maximum absolute atomic E-state index is 5.24. The van der Waals surface area contributed by atoms with Crippen LogP contribution in [0.5, 0.6) is 0 Å². The van der Waals surface area contributed by atoms with Gasteiger partial charge in [-0.05, 0) is 24.1 Å². The topological polar surface area (TPSA) is 38.9 Å². The first kappa shape index (κ1) is 9.40. The van der Waals surface area contributed by atoms with Crippen molar-refractivity contribution in [3.63, 3.8) is 0 Å². The third-order valence-electron chi connectivity index (χ3n) is 2.01. The van der Waals surface area contributed by atoms with Crippen molar-refractivity contribution >= 4 is 15.9 Å². The molecule has 0 amide bonds. The Morgan fingerprint density at radius 3 is 2.43 bits per heavy atom. The van der Waals surface area contributed by atoms with Crippen LogP contribution in [0.1, 0.15) is 12.5 Å². The van der Waals surface area contributed by atoms with Crippen molar-refractivity contribution in [3.8, 4) is 11.5 Å². The molecule has 0 fully saturated rings. The van der Waals surface area contributed by atoms with Crippen LogP contribution in [0.4, 0.5) is 0 Å². The van der Waals surface area contributed by atoms with Crippen molar-refractivity contribution in [3.05, 3.63) is 34.6 Å². The molecule has 0 unspecified atom stereocenters. The molecule has 2 rings (SSSR count). The summed E-state index contributed by atoms with van der Waals surface area (Å²) < 4.78 is 5.24. The summed E-state index contributed by atoms with van der Waals surface area (Å²) >= 11 is 3.12. The van der Waals surface area contributed by atoms with E-state index in [0.717, 1.165) is 12.0 Å². The second kappa shape index (κ2) is 3.92. The van der Waals surface area contributed by atoms with Gasteiger partial charge >= 0.3 is 0 Å². The quantitative estimate of drug-likeness (QED) is 0.825. The fourth-order valence-electron chi connectivity index (χ4n) is 1.21. The van der Waals surface area contributed by atoms with E-state index in [-0.39, 0.29) is 0 Å². The molecule has 0 bridgehead atoms. The molecule has 0 atom stereocenters. The Hall–Kier alpha value is -1.16. The average Bonchev–Trinajstić information content (AvgIpc) is 2.65. The maximum Gasteiger partial charge on any atom is 0.285 e. The Bertz CT molecular complexity index is 422. The SMILES string of the molecule is CCc1ccc(-c2nnc(Br)o2)cc1. The van der Waals surface area contributed by atoms with Crippen molar-refractivity contribution in [1.82, 2.24) is 10.2 Å². The van der Waals surface area contributed by atoms with E-state index in [0.29, 0.717) is 10.7 Å². The number of benzene rings is 1. The summed E-state index contributed by atoms with van der Waals surface area (Å²) in [5.74, 6) is 0.541. The average molecular weight is 253 g/mol. The lowest BCUT2D eigenvalue weighted by molar-refractivity contribution is 0.540. The molecule has 14 heavy (non-hydrogen) atoms. The van der Waals surface area contributed by atoms with Crippen LogP contribution < -0.4 is 0 Å². The monoisotopic (exact) mass is 252 g/mol. The van der Waals surface area contributed by atoms with Gasteiger partial charge in [0, 0.05) is 21.5 Å². The zero-order valence-corrected chi connectivity index (χ0v) is 9.28. The zero-order valence-electron chi connectivity index (χ0n) is 7.70. The fourth-order valence-corrected chi connectivity index (χ4v) is 1.44. The molecule has 1 aromatic heterocycles. The molecule has 0 saturated heterocycles. The Morgan fingerprint density at radius 2 is 1.93 bits per heavy atom. The van der Waals surface area contributed by atoms with E-state index in [2.05, 4.69) is 45.2 Å². The Morgan fingerprint density at radius 1 is 1.21 bits per heavy atom. The maximum atomic E-state index is 5.24. The van der Waals surface area contributed by atoms with E-state index in [1.54, 1.807) is 0 Å². The minimum absolute atomic E-state index is 0.409. The van der Waals surface area contributed by atoms with Gasteiger partial charge in [0.25, 0.3) is 4.80 Å². The first-order valence-electron chi connectivity index (χ1n) is 4.38. The van der Waals surface area contributed by atoms with Crippen molar-refractivity contribution in [2.75, 3.05) is 0 Å². The number of aryl methyl sites for hydroxylation is 1. The zero-order chi connectivity index (χ0) is 9.97. The van der Waals surface area contributed by atoms with E-state index < -0.39 is 0 Å². The molecule has 0 aliphatic carbocycles. The summed E-state index contributed by atoms with van der Waals surface area (Å²) in [5.41, 5.74) is 2.24. The molecule has 4 heteroatoms. The summed E-state index contributed by atoms with van der Waals surface area (Å²) in [5, 5.41) is 7.61. The second-order valence-electron chi connectivity index (χ2n) is 2.91. The molecule has 0 aliphatic rings. The van der Waals surface area contributed by atoms with Gasteiger partial charge in [0.2, 0.25) is 5.89 Å². The highest BCUT2D eigenvalue weighted by molar-refractivity contribution is 9.10. The van der Waals surface area contributed by atoms with Gasteiger partial charge in [0.15, 0.2) is 0 Å². The minimum Gasteiger partial charge on any atom is -0.411 e. The molecule has 3 nitrogen and oxygen atoms in total. The molecule has 72 valence electrons. The Kier molecular flexibility index (Phi) is 2.63. The number of hydrogen-bond donors (Lipinski definition) is 0. The van der Waals surface area contributed by atoms with Crippen molar-refractivity contribution < 1.29 is 4.42 Å². The second-order valence-corrected chi connectivity index (χ2v) is 3.59. The lowest BCUT2D eigenvalue weighted by Gasteiger charge is -1.97. The predicted octanol–water partition coefficient (Wildman–Crippen LogP) is 3.06. The molecular weight excluding hydrogens is 244 g/mol. The highest BCUT2D eigenvalue weighted by Crippen LogP contribution is 2.20. The van der Waals surface area contributed by atoms with Gasteiger partial charge in [-0.2, -0.15) is 0 Å². The first-order chi connectivity index (χ1) is 6.79. The van der Waals surface area contributed by atoms with Gasteiger partial charge in [-0.1, -0.05) is 19.1 Å². The number of halogens is 1. The summed E-state index contributed by atoms with van der Waals surface area (Å²) in [6, 6.07) is 8.10. The highest BCUT2D eigenvalue weighted by atomic mass is 79.9. The smallest absolute Gasteiger partial charge is 0.285 e. The normalized spacial score (nSPS) is 10.4. The lowest BCUT2D eigenvalue weighted by atomic mass is 10.1. The van der Waals surface area contributed by atoms with Crippen molar-refractivity contribution in [2.45, 2.75) is 13.3 Å². The summed E-state index contributed by atoms with van der Waals surface area (Å²) in [6.07, 6.45) is 1.04. The summed E-state index contributed by atoms with van der Waals surface area (Å²) in [4.78, 5) is 0.409. The van der Waals surface area contributed by atoms with Gasteiger partial charge in [0.1, 0.15) is 0 Å². The van der Waals surface area contributed by atoms with Crippen molar-refractivity contribution in [1.29, 1.82) is 0 Å². The van der Waals surface area contributed by atoms with E-state index in [9.17, 15) is 0 Å². The molecular formula is C10H9BrN2O. The highest BCUT2D eigenvalue weighted by Gasteiger charge is 2.05. The van der Waals surface area contributed by atoms with Crippen LogP contribution in [-0.2, 0) is 6.42 Å². The number of nitrogens with zero attached hydrogens (tertiary/aromatic N) is 2. The number of rotatable bonds is 2. The minimum atomic E-state index is 0.409. The molecule has 0 aliphatic heterocycles. The third-order valence-corrected chi connectivity index (χ3v) is 2.33. The molecule has 0 N–H and O–H groups in total. The summed E-state index contributed by atoms with van der Waals surface area (Å²) in [6.45, 7) is 2.12. The van der Waals surface area contributed by atoms with Crippen LogP contribution in [0.15, 0.2) is 33.5 Å². The molecule has 1 aromatic carbocycles. The Balaban J connectivity index is 2.33. The van der Waals surface area contributed by atoms with Gasteiger partial charge in [-0.15, -0.1) is 10.2 Å². The van der Waals surface area contributed by atoms with Crippen LogP contribution in [0.3, 0.4) is 0 Å².